The van der Waals surface area contributed by atoms with E-state index in [-0.39, 0.29) is 12.0 Å². The molecule has 3 rings (SSSR count). The van der Waals surface area contributed by atoms with Crippen LogP contribution in [0.4, 0.5) is 10.6 Å². The lowest BCUT2D eigenvalue weighted by Gasteiger charge is -2.36. The quantitative estimate of drug-likeness (QED) is 0.771. The predicted octanol–water partition coefficient (Wildman–Crippen LogP) is 3.03. The first kappa shape index (κ1) is 19.7. The molecule has 0 radical (unpaired) electrons. The number of carbonyl (C=O) groups is 2. The highest BCUT2D eigenvalue weighted by Gasteiger charge is 2.27. The van der Waals surface area contributed by atoms with Crippen LogP contribution in [0.15, 0.2) is 12.3 Å². The van der Waals surface area contributed by atoms with E-state index in [2.05, 4.69) is 4.98 Å². The predicted molar refractivity (Wildman–Crippen MR) is 104 cm³/mol. The molecule has 2 saturated heterocycles. The molecule has 0 saturated carbocycles. The Labute approximate surface area is 165 Å². The largest absolute Gasteiger partial charge is 0.444 e. The summed E-state index contributed by atoms with van der Waals surface area (Å²) < 4.78 is 5.42. The number of aromatic nitrogens is 1. The van der Waals surface area contributed by atoms with Gasteiger partial charge in [0.05, 0.1) is 10.6 Å². The molecular formula is C19H27ClN4O3. The van der Waals surface area contributed by atoms with Crippen LogP contribution in [0, 0.1) is 0 Å². The second kappa shape index (κ2) is 7.92. The van der Waals surface area contributed by atoms with Crippen molar-refractivity contribution in [3.05, 3.63) is 22.8 Å². The van der Waals surface area contributed by atoms with E-state index >= 15 is 0 Å². The first-order valence-electron chi connectivity index (χ1n) is 9.42. The summed E-state index contributed by atoms with van der Waals surface area (Å²) >= 11 is 6.42. The van der Waals surface area contributed by atoms with Gasteiger partial charge < -0.3 is 19.4 Å². The summed E-state index contributed by atoms with van der Waals surface area (Å²) in [5.74, 6) is 0.640. The molecule has 0 spiro atoms. The van der Waals surface area contributed by atoms with Gasteiger partial charge in [-0.2, -0.15) is 0 Å². The van der Waals surface area contributed by atoms with Crippen LogP contribution in [0.2, 0.25) is 5.02 Å². The number of likely N-dealkylation sites (tertiary alicyclic amines) is 1. The van der Waals surface area contributed by atoms with Crippen molar-refractivity contribution in [1.82, 2.24) is 14.8 Å². The minimum atomic E-state index is -0.503. The second-order valence-electron chi connectivity index (χ2n) is 7.98. The lowest BCUT2D eigenvalue weighted by Crippen LogP contribution is -2.50. The van der Waals surface area contributed by atoms with Gasteiger partial charge in [0.15, 0.2) is 0 Å². The van der Waals surface area contributed by atoms with Gasteiger partial charge in [-0.1, -0.05) is 11.6 Å². The standard InChI is InChI=1S/C19H27ClN4O3/c1-19(2,3)27-18(26)24-10-8-22(9-11-24)16-15(20)12-14(13-21-16)17(25)23-6-4-5-7-23/h12-13H,4-11H2,1-3H3. The maximum absolute atomic E-state index is 12.5. The van der Waals surface area contributed by atoms with Crippen molar-refractivity contribution < 1.29 is 14.3 Å². The molecule has 2 fully saturated rings. The van der Waals surface area contributed by atoms with Crippen LogP contribution in [-0.2, 0) is 4.74 Å². The molecule has 0 aromatic carbocycles. The molecule has 0 unspecified atom stereocenters. The van der Waals surface area contributed by atoms with Gasteiger partial charge in [0.1, 0.15) is 11.4 Å². The second-order valence-corrected chi connectivity index (χ2v) is 8.39. The van der Waals surface area contributed by atoms with Crippen LogP contribution in [0.3, 0.4) is 0 Å². The number of carbonyl (C=O) groups excluding carboxylic acids is 2. The first-order valence-corrected chi connectivity index (χ1v) is 9.80. The summed E-state index contributed by atoms with van der Waals surface area (Å²) in [5, 5.41) is 0.464. The van der Waals surface area contributed by atoms with Crippen molar-refractivity contribution in [3.8, 4) is 0 Å². The van der Waals surface area contributed by atoms with Crippen LogP contribution < -0.4 is 4.90 Å². The first-order chi connectivity index (χ1) is 12.7. The summed E-state index contributed by atoms with van der Waals surface area (Å²) in [5.41, 5.74) is 0.0228. The number of hydrogen-bond acceptors (Lipinski definition) is 5. The highest BCUT2D eigenvalue weighted by molar-refractivity contribution is 6.33. The number of pyridine rings is 1. The number of piperazine rings is 1. The van der Waals surface area contributed by atoms with E-state index in [0.717, 1.165) is 25.9 Å². The number of hydrogen-bond donors (Lipinski definition) is 0. The van der Waals surface area contributed by atoms with Crippen LogP contribution >= 0.6 is 11.6 Å². The molecule has 8 heteroatoms. The Hall–Kier alpha value is -2.02. The van der Waals surface area contributed by atoms with Gasteiger partial charge >= 0.3 is 6.09 Å². The van der Waals surface area contributed by atoms with E-state index in [1.165, 1.54) is 0 Å². The minimum Gasteiger partial charge on any atom is -0.444 e. The van der Waals surface area contributed by atoms with Crippen molar-refractivity contribution in [3.63, 3.8) is 0 Å². The summed E-state index contributed by atoms with van der Waals surface area (Å²) in [6.45, 7) is 9.48. The monoisotopic (exact) mass is 394 g/mol. The Morgan fingerprint density at radius 2 is 1.67 bits per heavy atom. The van der Waals surface area contributed by atoms with Crippen LogP contribution in [0.5, 0.6) is 0 Å². The molecule has 0 atom stereocenters. The fraction of sp³-hybridized carbons (Fsp3) is 0.632. The smallest absolute Gasteiger partial charge is 0.410 e. The molecule has 148 valence electrons. The molecule has 0 aliphatic carbocycles. The van der Waals surface area contributed by atoms with Crippen LogP contribution in [0.1, 0.15) is 44.0 Å². The Bertz CT molecular complexity index is 705. The number of ether oxygens (including phenoxy) is 1. The topological polar surface area (TPSA) is 66.0 Å². The number of anilines is 1. The van der Waals surface area contributed by atoms with Crippen molar-refractivity contribution in [2.45, 2.75) is 39.2 Å². The van der Waals surface area contributed by atoms with E-state index in [0.29, 0.717) is 42.6 Å². The third kappa shape index (κ3) is 4.83. The minimum absolute atomic E-state index is 0.0109. The average molecular weight is 395 g/mol. The third-order valence-corrected chi connectivity index (χ3v) is 4.97. The van der Waals surface area contributed by atoms with Gasteiger partial charge in [0.2, 0.25) is 0 Å². The van der Waals surface area contributed by atoms with E-state index in [4.69, 9.17) is 16.3 Å². The molecule has 1 aromatic heterocycles. The van der Waals surface area contributed by atoms with Gasteiger partial charge in [0.25, 0.3) is 5.91 Å². The molecule has 1 aromatic rings. The molecule has 2 aliphatic heterocycles. The lowest BCUT2D eigenvalue weighted by molar-refractivity contribution is 0.0240. The van der Waals surface area contributed by atoms with Crippen LogP contribution in [0.25, 0.3) is 0 Å². The molecule has 0 bridgehead atoms. The Morgan fingerprint density at radius 3 is 2.22 bits per heavy atom. The normalized spacial score (nSPS) is 18.0. The summed E-state index contributed by atoms with van der Waals surface area (Å²) in [7, 11) is 0. The highest BCUT2D eigenvalue weighted by Crippen LogP contribution is 2.26. The average Bonchev–Trinajstić information content (AvgIpc) is 3.14. The molecule has 7 nitrogen and oxygen atoms in total. The zero-order valence-corrected chi connectivity index (χ0v) is 17.0. The molecule has 3 heterocycles. The van der Waals surface area contributed by atoms with E-state index in [1.54, 1.807) is 17.2 Å². The third-order valence-electron chi connectivity index (χ3n) is 4.69. The Balaban J connectivity index is 1.61. The highest BCUT2D eigenvalue weighted by atomic mass is 35.5. The Kier molecular flexibility index (Phi) is 5.79. The van der Waals surface area contributed by atoms with Gasteiger partial charge in [-0.25, -0.2) is 9.78 Å². The number of halogens is 1. The molecule has 0 N–H and O–H groups in total. The summed E-state index contributed by atoms with van der Waals surface area (Å²) in [6, 6.07) is 1.70. The lowest BCUT2D eigenvalue weighted by atomic mass is 10.2. The zero-order chi connectivity index (χ0) is 19.6. The van der Waals surface area contributed by atoms with Gasteiger partial charge in [-0.05, 0) is 39.7 Å². The fourth-order valence-corrected chi connectivity index (χ4v) is 3.60. The van der Waals surface area contributed by atoms with E-state index in [1.807, 2.05) is 30.6 Å². The molecule has 27 heavy (non-hydrogen) atoms. The van der Waals surface area contributed by atoms with Gasteiger partial charge in [-0.3, -0.25) is 4.79 Å². The zero-order valence-electron chi connectivity index (χ0n) is 16.2. The van der Waals surface area contributed by atoms with Crippen molar-refractivity contribution in [1.29, 1.82) is 0 Å². The van der Waals surface area contributed by atoms with E-state index in [9.17, 15) is 9.59 Å². The van der Waals surface area contributed by atoms with Crippen molar-refractivity contribution >= 4 is 29.4 Å². The van der Waals surface area contributed by atoms with Gasteiger partial charge in [-0.15, -0.1) is 0 Å². The summed E-state index contributed by atoms with van der Waals surface area (Å²) in [4.78, 5) is 34.7. The van der Waals surface area contributed by atoms with Crippen molar-refractivity contribution in [2.75, 3.05) is 44.2 Å². The molecule has 2 amide bonds. The SMILES string of the molecule is CC(C)(C)OC(=O)N1CCN(c2ncc(C(=O)N3CCCC3)cc2Cl)CC1. The molecular weight excluding hydrogens is 368 g/mol. The van der Waals surface area contributed by atoms with Gasteiger partial charge in [0, 0.05) is 45.5 Å². The Morgan fingerprint density at radius 1 is 1.04 bits per heavy atom. The number of amides is 2. The van der Waals surface area contributed by atoms with Crippen molar-refractivity contribution in [2.24, 2.45) is 0 Å². The summed E-state index contributed by atoms with van der Waals surface area (Å²) in [6.07, 6.45) is 3.40. The number of rotatable bonds is 2. The molecule has 2 aliphatic rings. The maximum atomic E-state index is 12.5. The van der Waals surface area contributed by atoms with Crippen LogP contribution in [-0.4, -0.2) is 71.7 Å². The maximum Gasteiger partial charge on any atom is 0.410 e. The fourth-order valence-electron chi connectivity index (χ4n) is 3.31. The van der Waals surface area contributed by atoms with E-state index < -0.39 is 5.60 Å². The number of nitrogens with zero attached hydrogens (tertiary/aromatic N) is 4.